The lowest BCUT2D eigenvalue weighted by molar-refractivity contribution is 0.101. The van der Waals surface area contributed by atoms with Crippen LogP contribution in [0.25, 0.3) is 33.5 Å². The smallest absolute Gasteiger partial charge is 0.278 e. The Labute approximate surface area is 209 Å². The first-order valence-electron chi connectivity index (χ1n) is 12.6. The molecular formula is C28H29N7O. The van der Waals surface area contributed by atoms with Crippen molar-refractivity contribution in [2.45, 2.75) is 26.8 Å². The Balaban J connectivity index is 1.29. The molecule has 1 fully saturated rings. The van der Waals surface area contributed by atoms with Crippen molar-refractivity contribution < 1.29 is 4.79 Å². The maximum atomic E-state index is 12.9. The van der Waals surface area contributed by atoms with Crippen LogP contribution in [0.5, 0.6) is 0 Å². The molecule has 36 heavy (non-hydrogen) atoms. The van der Waals surface area contributed by atoms with Gasteiger partial charge in [0.05, 0.1) is 22.8 Å². The molecule has 5 heterocycles. The van der Waals surface area contributed by atoms with Crippen molar-refractivity contribution in [3.63, 3.8) is 0 Å². The van der Waals surface area contributed by atoms with Crippen molar-refractivity contribution in [2.75, 3.05) is 38.1 Å². The average molecular weight is 480 g/mol. The molecule has 1 saturated heterocycles. The van der Waals surface area contributed by atoms with Crippen molar-refractivity contribution in [3.8, 4) is 22.5 Å². The molecule has 8 heteroatoms. The molecule has 0 aliphatic carbocycles. The quantitative estimate of drug-likeness (QED) is 0.480. The molecule has 182 valence electrons. The Morgan fingerprint density at radius 3 is 2.64 bits per heavy atom. The zero-order valence-electron chi connectivity index (χ0n) is 20.9. The van der Waals surface area contributed by atoms with Crippen molar-refractivity contribution in [1.82, 2.24) is 24.6 Å². The van der Waals surface area contributed by atoms with E-state index in [0.29, 0.717) is 11.4 Å². The third-order valence-electron chi connectivity index (χ3n) is 7.82. The molecule has 0 unspecified atom stereocenters. The number of benzene rings is 2. The van der Waals surface area contributed by atoms with Crippen LogP contribution in [0.15, 0.2) is 41.5 Å². The van der Waals surface area contributed by atoms with Crippen LogP contribution in [0.3, 0.4) is 0 Å². The topological polar surface area (TPSA) is 82.4 Å². The summed E-state index contributed by atoms with van der Waals surface area (Å²) in [5.74, 6) is 0.480. The number of hydrogen-bond donors (Lipinski definition) is 1. The number of H-pyrrole nitrogens is 1. The summed E-state index contributed by atoms with van der Waals surface area (Å²) < 4.78 is 2.10. The molecule has 8 nitrogen and oxygen atoms in total. The first kappa shape index (κ1) is 21.5. The molecule has 3 aliphatic heterocycles. The van der Waals surface area contributed by atoms with E-state index in [0.717, 1.165) is 72.4 Å². The van der Waals surface area contributed by atoms with E-state index in [-0.39, 0.29) is 11.3 Å². The fraction of sp³-hybridized carbons (Fsp3) is 0.357. The molecule has 0 spiro atoms. The lowest BCUT2D eigenvalue weighted by Gasteiger charge is -2.34. The summed E-state index contributed by atoms with van der Waals surface area (Å²) in [7, 11) is 2.16. The van der Waals surface area contributed by atoms with Crippen molar-refractivity contribution >= 4 is 28.8 Å². The average Bonchev–Trinajstić information content (AvgIpc) is 3.61. The number of aliphatic imine (C=N–C) groups is 1. The van der Waals surface area contributed by atoms with Crippen LogP contribution >= 0.6 is 0 Å². The van der Waals surface area contributed by atoms with E-state index in [1.54, 1.807) is 6.21 Å². The van der Waals surface area contributed by atoms with Gasteiger partial charge in [0.15, 0.2) is 0 Å². The second-order valence-corrected chi connectivity index (χ2v) is 11.1. The molecule has 0 saturated carbocycles. The van der Waals surface area contributed by atoms with Gasteiger partial charge in [-0.15, -0.1) is 0 Å². The molecule has 3 aliphatic rings. The van der Waals surface area contributed by atoms with Crippen LogP contribution < -0.4 is 4.90 Å². The molecule has 2 aromatic heterocycles. The van der Waals surface area contributed by atoms with Crippen LogP contribution in [-0.4, -0.2) is 70.0 Å². The van der Waals surface area contributed by atoms with E-state index < -0.39 is 0 Å². The number of likely N-dealkylation sites (N-methyl/N-ethyl adjacent to an activating group) is 1. The lowest BCUT2D eigenvalue weighted by atomic mass is 9.88. The third-order valence-corrected chi connectivity index (χ3v) is 7.82. The first-order chi connectivity index (χ1) is 17.4. The van der Waals surface area contributed by atoms with E-state index in [1.807, 2.05) is 12.3 Å². The molecule has 0 atom stereocenters. The zero-order valence-corrected chi connectivity index (χ0v) is 20.9. The fourth-order valence-corrected chi connectivity index (χ4v) is 5.86. The number of rotatable bonds is 3. The van der Waals surface area contributed by atoms with Gasteiger partial charge in [0.25, 0.3) is 5.91 Å². The number of amides is 1. The maximum Gasteiger partial charge on any atom is 0.278 e. The summed E-state index contributed by atoms with van der Waals surface area (Å²) in [6.07, 6.45) is 4.59. The Morgan fingerprint density at radius 2 is 1.81 bits per heavy atom. The molecule has 2 aromatic carbocycles. The number of aromatic nitrogens is 4. The number of nitrogens with one attached hydrogen (secondary N) is 1. The van der Waals surface area contributed by atoms with Gasteiger partial charge in [0.2, 0.25) is 0 Å². The number of imidazole rings is 1. The van der Waals surface area contributed by atoms with Gasteiger partial charge in [-0.05, 0) is 48.7 Å². The summed E-state index contributed by atoms with van der Waals surface area (Å²) in [6.45, 7) is 9.58. The minimum atomic E-state index is -0.218. The predicted molar refractivity (Wildman–Crippen MR) is 142 cm³/mol. The van der Waals surface area contributed by atoms with Gasteiger partial charge < -0.3 is 14.8 Å². The Bertz CT molecular complexity index is 1570. The second-order valence-electron chi connectivity index (χ2n) is 11.1. The minimum Gasteiger partial charge on any atom is -0.369 e. The molecule has 1 amide bonds. The zero-order chi connectivity index (χ0) is 24.6. The standard InChI is InChI=1S/C28H29N7O/c1-28(2)13-24-20(15-30-35(24)16-28)18-5-6-19(25-21(18)14-29-27(25)36)26-31-22-7-4-17(12-23(22)32-26)34-10-8-33(3)9-11-34/h4-7,12,14-15H,8-11,13,16H2,1-3H3,(H,31,32). The molecule has 7 rings (SSSR count). The van der Waals surface area contributed by atoms with Gasteiger partial charge in [0.1, 0.15) is 5.82 Å². The Hall–Kier alpha value is -3.78. The van der Waals surface area contributed by atoms with E-state index in [9.17, 15) is 4.79 Å². The largest absolute Gasteiger partial charge is 0.369 e. The van der Waals surface area contributed by atoms with Gasteiger partial charge in [-0.25, -0.2) is 9.98 Å². The van der Waals surface area contributed by atoms with Crippen LogP contribution in [0.1, 0.15) is 35.5 Å². The molecule has 1 N–H and O–H groups in total. The molecular weight excluding hydrogens is 450 g/mol. The molecule has 0 bridgehead atoms. The van der Waals surface area contributed by atoms with Crippen LogP contribution in [0.2, 0.25) is 0 Å². The van der Waals surface area contributed by atoms with Crippen molar-refractivity contribution in [2.24, 2.45) is 10.4 Å². The van der Waals surface area contributed by atoms with Crippen LogP contribution in [0.4, 0.5) is 5.69 Å². The first-order valence-corrected chi connectivity index (χ1v) is 12.6. The summed E-state index contributed by atoms with van der Waals surface area (Å²) in [6, 6.07) is 10.5. The van der Waals surface area contributed by atoms with Gasteiger partial charge in [-0.2, -0.15) is 5.10 Å². The minimum absolute atomic E-state index is 0.183. The normalized spacial score (nSPS) is 18.9. The predicted octanol–water partition coefficient (Wildman–Crippen LogP) is 4.00. The highest BCUT2D eigenvalue weighted by Gasteiger charge is 2.33. The van der Waals surface area contributed by atoms with Gasteiger partial charge in [0, 0.05) is 67.0 Å². The summed E-state index contributed by atoms with van der Waals surface area (Å²) in [4.78, 5) is 30.2. The highest BCUT2D eigenvalue weighted by Crippen LogP contribution is 2.41. The highest BCUT2D eigenvalue weighted by atomic mass is 16.1. The number of carbonyl (C=O) groups is 1. The van der Waals surface area contributed by atoms with E-state index in [1.165, 1.54) is 11.4 Å². The number of hydrogen-bond acceptors (Lipinski definition) is 5. The van der Waals surface area contributed by atoms with E-state index in [2.05, 4.69) is 74.7 Å². The van der Waals surface area contributed by atoms with E-state index in [4.69, 9.17) is 4.98 Å². The number of piperazine rings is 1. The van der Waals surface area contributed by atoms with Gasteiger partial charge >= 0.3 is 0 Å². The Kier molecular flexibility index (Phi) is 4.54. The van der Waals surface area contributed by atoms with Gasteiger partial charge in [-0.3, -0.25) is 9.48 Å². The second kappa shape index (κ2) is 7.61. The fourth-order valence-electron chi connectivity index (χ4n) is 5.86. The highest BCUT2D eigenvalue weighted by molar-refractivity contribution is 6.19. The SMILES string of the molecule is CN1CCN(c2ccc3nc(-c4ccc(-c5cnn6c5CC(C)(C)C6)c5c4C(=O)N=C5)[nH]c3c2)CC1. The Morgan fingerprint density at radius 1 is 1.00 bits per heavy atom. The number of anilines is 1. The summed E-state index contributed by atoms with van der Waals surface area (Å²) >= 11 is 0. The van der Waals surface area contributed by atoms with Crippen molar-refractivity contribution in [1.29, 1.82) is 0 Å². The van der Waals surface area contributed by atoms with Crippen LogP contribution in [0, 0.1) is 5.41 Å². The van der Waals surface area contributed by atoms with Crippen molar-refractivity contribution in [3.05, 3.63) is 53.3 Å². The molecule has 0 radical (unpaired) electrons. The number of nitrogens with zero attached hydrogens (tertiary/aromatic N) is 6. The lowest BCUT2D eigenvalue weighted by Crippen LogP contribution is -2.44. The van der Waals surface area contributed by atoms with Gasteiger partial charge in [-0.1, -0.05) is 19.9 Å². The summed E-state index contributed by atoms with van der Waals surface area (Å²) in [5.41, 5.74) is 8.83. The number of aromatic amines is 1. The monoisotopic (exact) mass is 479 g/mol. The number of carbonyl (C=O) groups excluding carboxylic acids is 1. The van der Waals surface area contributed by atoms with Crippen LogP contribution in [-0.2, 0) is 13.0 Å². The number of fused-ring (bicyclic) bond motifs is 3. The molecule has 4 aromatic rings. The summed E-state index contributed by atoms with van der Waals surface area (Å²) in [5, 5.41) is 4.64. The van der Waals surface area contributed by atoms with E-state index >= 15 is 0 Å². The third kappa shape index (κ3) is 3.32. The maximum absolute atomic E-state index is 12.9.